The van der Waals surface area contributed by atoms with E-state index in [2.05, 4.69) is 9.98 Å². The van der Waals surface area contributed by atoms with E-state index in [1.54, 1.807) is 6.21 Å². The molecule has 1 atom stereocenters. The van der Waals surface area contributed by atoms with Gasteiger partial charge in [0.25, 0.3) is 5.91 Å². The number of rotatable bonds is 0. The molecule has 2 heterocycles. The van der Waals surface area contributed by atoms with Crippen LogP contribution in [0, 0.1) is 0 Å². The number of allylic oxidation sites excluding steroid dienone is 1. The van der Waals surface area contributed by atoms with Crippen LogP contribution < -0.4 is 5.84 Å². The second kappa shape index (κ2) is 2.25. The maximum Gasteiger partial charge on any atom is 0.297 e. The summed E-state index contributed by atoms with van der Waals surface area (Å²) in [6.07, 6.45) is 3.08. The molecule has 12 heavy (non-hydrogen) atoms. The van der Waals surface area contributed by atoms with E-state index in [4.69, 9.17) is 5.84 Å². The first-order valence-electron chi connectivity index (χ1n) is 3.61. The number of hydrogen-bond acceptors (Lipinski definition) is 4. The van der Waals surface area contributed by atoms with Gasteiger partial charge in [-0.25, -0.2) is 10.8 Å². The van der Waals surface area contributed by atoms with Crippen LogP contribution in [0.25, 0.3) is 0 Å². The van der Waals surface area contributed by atoms with Gasteiger partial charge in [0, 0.05) is 6.21 Å². The minimum absolute atomic E-state index is 0.0149. The van der Waals surface area contributed by atoms with Gasteiger partial charge >= 0.3 is 0 Å². The number of amides is 1. The zero-order valence-electron chi connectivity index (χ0n) is 6.56. The second-order valence-corrected chi connectivity index (χ2v) is 2.72. The largest absolute Gasteiger partial charge is 0.299 e. The number of carbonyl (C=O) groups excluding carboxylic acids is 1. The first-order chi connectivity index (χ1) is 5.70. The van der Waals surface area contributed by atoms with Gasteiger partial charge in [-0.05, 0) is 6.92 Å². The molecule has 0 aliphatic carbocycles. The van der Waals surface area contributed by atoms with Crippen molar-refractivity contribution in [3.8, 4) is 0 Å². The van der Waals surface area contributed by atoms with Crippen LogP contribution >= 0.6 is 0 Å². The fourth-order valence-electron chi connectivity index (χ4n) is 1.14. The van der Waals surface area contributed by atoms with Crippen molar-refractivity contribution in [1.29, 1.82) is 0 Å². The average Bonchev–Trinajstić information content (AvgIpc) is 2.41. The number of carbonyl (C=O) groups is 1. The quantitative estimate of drug-likeness (QED) is 0.488. The highest BCUT2D eigenvalue weighted by Gasteiger charge is 2.27. The standard InChI is InChI=1S/C7H8N4O/c1-4-2-9-6-5(11(4)8)3-10-7(6)12/h2-4H,8H2,1H3. The number of nitrogens with two attached hydrogens (primary N) is 1. The SMILES string of the molecule is CC1C=NC2=C(C=NC2=O)N1N. The zero-order valence-corrected chi connectivity index (χ0v) is 6.56. The number of hydrogen-bond donors (Lipinski definition) is 1. The van der Waals surface area contributed by atoms with E-state index < -0.39 is 0 Å². The van der Waals surface area contributed by atoms with Gasteiger partial charge in [0.05, 0.1) is 12.3 Å². The van der Waals surface area contributed by atoms with Crippen molar-refractivity contribution in [2.24, 2.45) is 15.8 Å². The van der Waals surface area contributed by atoms with Gasteiger partial charge in [-0.2, -0.15) is 0 Å². The Hall–Kier alpha value is -1.49. The molecule has 0 spiro atoms. The second-order valence-electron chi connectivity index (χ2n) is 2.72. The van der Waals surface area contributed by atoms with Gasteiger partial charge in [-0.3, -0.25) is 14.8 Å². The molecular formula is C7H8N4O. The molecule has 2 N–H and O–H groups in total. The highest BCUT2D eigenvalue weighted by atomic mass is 16.1. The van der Waals surface area contributed by atoms with Gasteiger partial charge in [-0.1, -0.05) is 0 Å². The minimum Gasteiger partial charge on any atom is -0.299 e. The van der Waals surface area contributed by atoms with Crippen molar-refractivity contribution in [2.45, 2.75) is 13.0 Å². The van der Waals surface area contributed by atoms with Crippen LogP contribution in [0.3, 0.4) is 0 Å². The van der Waals surface area contributed by atoms with Crippen molar-refractivity contribution in [3.05, 3.63) is 11.4 Å². The van der Waals surface area contributed by atoms with Crippen molar-refractivity contribution >= 4 is 18.3 Å². The summed E-state index contributed by atoms with van der Waals surface area (Å²) in [5.41, 5.74) is 0.950. The Bertz CT molecular complexity index is 328. The monoisotopic (exact) mass is 164 g/mol. The fourth-order valence-corrected chi connectivity index (χ4v) is 1.14. The first kappa shape index (κ1) is 7.17. The molecule has 1 amide bonds. The molecule has 0 aromatic heterocycles. The summed E-state index contributed by atoms with van der Waals surface area (Å²) < 4.78 is 0. The summed E-state index contributed by atoms with van der Waals surface area (Å²) in [5, 5.41) is 1.48. The molecule has 2 rings (SSSR count). The highest BCUT2D eigenvalue weighted by molar-refractivity contribution is 6.11. The van der Waals surface area contributed by atoms with Gasteiger partial charge in [0.15, 0.2) is 5.70 Å². The molecule has 5 nitrogen and oxygen atoms in total. The van der Waals surface area contributed by atoms with E-state index in [0.717, 1.165) is 0 Å². The summed E-state index contributed by atoms with van der Waals surface area (Å²) in [4.78, 5) is 18.6. The molecule has 0 saturated heterocycles. The topological polar surface area (TPSA) is 71.0 Å². The first-order valence-corrected chi connectivity index (χ1v) is 3.61. The van der Waals surface area contributed by atoms with Crippen molar-refractivity contribution in [2.75, 3.05) is 0 Å². The lowest BCUT2D eigenvalue weighted by molar-refractivity contribution is -0.114. The summed E-state index contributed by atoms with van der Waals surface area (Å²) in [6.45, 7) is 1.89. The predicted molar refractivity (Wildman–Crippen MR) is 44.5 cm³/mol. The summed E-state index contributed by atoms with van der Waals surface area (Å²) in [5.74, 6) is 5.35. The van der Waals surface area contributed by atoms with Crippen LogP contribution in [0.5, 0.6) is 0 Å². The molecule has 2 aliphatic heterocycles. The molecule has 2 aliphatic rings. The molecule has 0 saturated carbocycles. The van der Waals surface area contributed by atoms with Crippen LogP contribution in [0.2, 0.25) is 0 Å². The number of aliphatic imine (C=N–C) groups is 2. The lowest BCUT2D eigenvalue weighted by atomic mass is 10.2. The normalized spacial score (nSPS) is 27.0. The highest BCUT2D eigenvalue weighted by Crippen LogP contribution is 2.19. The molecule has 62 valence electrons. The van der Waals surface area contributed by atoms with Crippen LogP contribution in [-0.2, 0) is 4.79 Å². The Morgan fingerprint density at radius 2 is 2.33 bits per heavy atom. The Kier molecular flexibility index (Phi) is 1.34. The summed E-state index contributed by atoms with van der Waals surface area (Å²) >= 11 is 0. The molecule has 0 bridgehead atoms. The van der Waals surface area contributed by atoms with E-state index >= 15 is 0 Å². The van der Waals surface area contributed by atoms with E-state index in [0.29, 0.717) is 11.4 Å². The fraction of sp³-hybridized carbons (Fsp3) is 0.286. The van der Waals surface area contributed by atoms with Gasteiger partial charge < -0.3 is 0 Å². The van der Waals surface area contributed by atoms with Gasteiger partial charge in [0.1, 0.15) is 5.70 Å². The number of hydrazine groups is 1. The Morgan fingerprint density at radius 1 is 1.58 bits per heavy atom. The van der Waals surface area contributed by atoms with Crippen molar-refractivity contribution in [1.82, 2.24) is 5.01 Å². The molecule has 0 fully saturated rings. The van der Waals surface area contributed by atoms with E-state index in [-0.39, 0.29) is 11.9 Å². The third kappa shape index (κ3) is 0.799. The van der Waals surface area contributed by atoms with Crippen LogP contribution in [0.4, 0.5) is 0 Å². The van der Waals surface area contributed by atoms with E-state index in [9.17, 15) is 4.79 Å². The summed E-state index contributed by atoms with van der Waals surface area (Å²) in [6, 6.07) is 0.0149. The lowest BCUT2D eigenvalue weighted by Gasteiger charge is -2.25. The van der Waals surface area contributed by atoms with Gasteiger partial charge in [-0.15, -0.1) is 0 Å². The van der Waals surface area contributed by atoms with Crippen LogP contribution in [0.1, 0.15) is 6.92 Å². The molecule has 1 unspecified atom stereocenters. The molecule has 0 radical (unpaired) electrons. The molecule has 5 heteroatoms. The minimum atomic E-state index is -0.316. The third-order valence-electron chi connectivity index (χ3n) is 1.89. The number of nitrogens with zero attached hydrogens (tertiary/aromatic N) is 3. The zero-order chi connectivity index (χ0) is 8.72. The summed E-state index contributed by atoms with van der Waals surface area (Å²) in [7, 11) is 0. The van der Waals surface area contributed by atoms with E-state index in [1.807, 2.05) is 6.92 Å². The lowest BCUT2D eigenvalue weighted by Crippen LogP contribution is -2.42. The predicted octanol–water partition coefficient (Wildman–Crippen LogP) is -0.542. The van der Waals surface area contributed by atoms with Crippen molar-refractivity contribution in [3.63, 3.8) is 0 Å². The Balaban J connectivity index is 2.45. The Morgan fingerprint density at radius 3 is 3.08 bits per heavy atom. The molecule has 0 aromatic carbocycles. The van der Waals surface area contributed by atoms with Crippen molar-refractivity contribution < 1.29 is 4.79 Å². The molecule has 0 aromatic rings. The average molecular weight is 164 g/mol. The van der Waals surface area contributed by atoms with E-state index in [1.165, 1.54) is 11.2 Å². The smallest absolute Gasteiger partial charge is 0.297 e. The maximum absolute atomic E-state index is 11.0. The molecular weight excluding hydrogens is 156 g/mol. The van der Waals surface area contributed by atoms with Crippen LogP contribution in [0.15, 0.2) is 21.4 Å². The van der Waals surface area contributed by atoms with Crippen LogP contribution in [-0.4, -0.2) is 29.4 Å². The third-order valence-corrected chi connectivity index (χ3v) is 1.89. The Labute approximate surface area is 69.2 Å². The van der Waals surface area contributed by atoms with Gasteiger partial charge in [0.2, 0.25) is 0 Å². The maximum atomic E-state index is 11.0.